The number of aromatic nitrogens is 1. The minimum absolute atomic E-state index is 0.293. The molecule has 4 rings (SSSR count). The highest BCUT2D eigenvalue weighted by Crippen LogP contribution is 2.30. The number of benzene rings is 2. The third kappa shape index (κ3) is 6.50. The Balaban J connectivity index is 1.25. The second-order valence-corrected chi connectivity index (χ2v) is 10.4. The fourth-order valence-electron chi connectivity index (χ4n) is 5.03. The fourth-order valence-corrected chi connectivity index (χ4v) is 6.05. The van der Waals surface area contributed by atoms with E-state index in [1.165, 1.54) is 34.3 Å². The van der Waals surface area contributed by atoms with Crippen LogP contribution in [0.3, 0.4) is 0 Å². The van der Waals surface area contributed by atoms with Crippen molar-refractivity contribution in [2.75, 3.05) is 39.1 Å². The zero-order chi connectivity index (χ0) is 23.0. The molecule has 176 valence electrons. The fraction of sp³-hybridized carbons (Fsp3) is 0.464. The SMILES string of the molecule is COc1ccc2nccc(CCC[C@@H]3CCN(CCSc4cccc(C)c4)C[C@@H]3CO)c2c1. The molecule has 5 heteroatoms. The average molecular weight is 465 g/mol. The van der Waals surface area contributed by atoms with E-state index in [1.807, 2.05) is 30.1 Å². The molecule has 1 aromatic heterocycles. The molecule has 0 aliphatic carbocycles. The Morgan fingerprint density at radius 2 is 2.06 bits per heavy atom. The molecule has 0 spiro atoms. The summed E-state index contributed by atoms with van der Waals surface area (Å²) >= 11 is 1.93. The van der Waals surface area contributed by atoms with E-state index in [4.69, 9.17) is 4.74 Å². The maximum Gasteiger partial charge on any atom is 0.119 e. The Morgan fingerprint density at radius 3 is 2.88 bits per heavy atom. The van der Waals surface area contributed by atoms with E-state index in [-0.39, 0.29) is 0 Å². The highest BCUT2D eigenvalue weighted by Gasteiger charge is 2.28. The lowest BCUT2D eigenvalue weighted by Gasteiger charge is -2.38. The van der Waals surface area contributed by atoms with Crippen LogP contribution in [0.4, 0.5) is 0 Å². The van der Waals surface area contributed by atoms with E-state index in [1.54, 1.807) is 7.11 Å². The maximum absolute atomic E-state index is 10.1. The first-order valence-electron chi connectivity index (χ1n) is 12.1. The van der Waals surface area contributed by atoms with Crippen LogP contribution in [0.15, 0.2) is 59.6 Å². The number of piperidine rings is 1. The molecule has 1 N–H and O–H groups in total. The second kappa shape index (κ2) is 11.9. The first kappa shape index (κ1) is 24.1. The second-order valence-electron chi connectivity index (χ2n) is 9.20. The molecular weight excluding hydrogens is 428 g/mol. The number of thioether (sulfide) groups is 1. The number of likely N-dealkylation sites (tertiary alicyclic amines) is 1. The number of aryl methyl sites for hydroxylation is 2. The summed E-state index contributed by atoms with van der Waals surface area (Å²) < 4.78 is 5.41. The van der Waals surface area contributed by atoms with Gasteiger partial charge in [-0.2, -0.15) is 0 Å². The number of aliphatic hydroxyl groups excluding tert-OH is 1. The highest BCUT2D eigenvalue weighted by atomic mass is 32.2. The van der Waals surface area contributed by atoms with Crippen LogP contribution in [0.2, 0.25) is 0 Å². The predicted molar refractivity (Wildman–Crippen MR) is 138 cm³/mol. The molecule has 0 radical (unpaired) electrons. The van der Waals surface area contributed by atoms with Crippen LogP contribution in [0.5, 0.6) is 5.75 Å². The number of methoxy groups -OCH3 is 1. The summed E-state index contributed by atoms with van der Waals surface area (Å²) in [5.41, 5.74) is 3.68. The molecule has 2 heterocycles. The van der Waals surface area contributed by atoms with Gasteiger partial charge in [-0.1, -0.05) is 17.7 Å². The Hall–Kier alpha value is -2.08. The Morgan fingerprint density at radius 1 is 1.15 bits per heavy atom. The zero-order valence-corrected chi connectivity index (χ0v) is 20.7. The van der Waals surface area contributed by atoms with Crippen LogP contribution in [0.1, 0.15) is 30.4 Å². The Bertz CT molecular complexity index is 1040. The molecule has 3 aromatic rings. The minimum Gasteiger partial charge on any atom is -0.497 e. The molecular formula is C28H36N2O2S. The lowest BCUT2D eigenvalue weighted by molar-refractivity contribution is 0.0710. The van der Waals surface area contributed by atoms with Crippen LogP contribution in [-0.2, 0) is 6.42 Å². The quantitative estimate of drug-likeness (QED) is 0.396. The van der Waals surface area contributed by atoms with E-state index in [2.05, 4.69) is 53.2 Å². The van der Waals surface area contributed by atoms with Gasteiger partial charge in [0.2, 0.25) is 0 Å². The van der Waals surface area contributed by atoms with Crippen LogP contribution in [0.25, 0.3) is 10.9 Å². The molecule has 1 aliphatic heterocycles. The van der Waals surface area contributed by atoms with Crippen molar-refractivity contribution in [2.45, 2.75) is 37.5 Å². The van der Waals surface area contributed by atoms with Gasteiger partial charge in [-0.15, -0.1) is 11.8 Å². The summed E-state index contributed by atoms with van der Waals surface area (Å²) in [5, 5.41) is 11.3. The summed E-state index contributed by atoms with van der Waals surface area (Å²) in [6.45, 7) is 5.69. The van der Waals surface area contributed by atoms with Gasteiger partial charge in [-0.05, 0) is 92.9 Å². The lowest BCUT2D eigenvalue weighted by Crippen LogP contribution is -2.42. The number of aliphatic hydroxyl groups is 1. The van der Waals surface area contributed by atoms with Gasteiger partial charge in [-0.25, -0.2) is 0 Å². The molecule has 1 aliphatic rings. The number of hydrogen-bond donors (Lipinski definition) is 1. The van der Waals surface area contributed by atoms with Crippen molar-refractivity contribution in [1.82, 2.24) is 9.88 Å². The van der Waals surface area contributed by atoms with Crippen molar-refractivity contribution in [1.29, 1.82) is 0 Å². The Labute approximate surface area is 202 Å². The van der Waals surface area contributed by atoms with Crippen molar-refractivity contribution in [2.24, 2.45) is 11.8 Å². The van der Waals surface area contributed by atoms with E-state index >= 15 is 0 Å². The van der Waals surface area contributed by atoms with Crippen LogP contribution >= 0.6 is 11.8 Å². The van der Waals surface area contributed by atoms with E-state index in [0.717, 1.165) is 49.5 Å². The van der Waals surface area contributed by atoms with Crippen LogP contribution in [0, 0.1) is 18.8 Å². The van der Waals surface area contributed by atoms with Crippen molar-refractivity contribution < 1.29 is 9.84 Å². The number of hydrogen-bond acceptors (Lipinski definition) is 5. The molecule has 4 nitrogen and oxygen atoms in total. The van der Waals surface area contributed by atoms with E-state index in [9.17, 15) is 5.11 Å². The standard InChI is InChI=1S/C28H36N2O2S/c1-21-5-3-8-26(17-21)33-16-15-30-14-12-22(24(19-30)20-31)6-4-7-23-11-13-29-28-10-9-25(32-2)18-27(23)28/h3,5,8-11,13,17-18,22,24,31H,4,6-7,12,14-16,19-20H2,1-2H3/t22-,24-/m1/s1. The summed E-state index contributed by atoms with van der Waals surface area (Å²) in [4.78, 5) is 8.40. The van der Waals surface area contributed by atoms with Gasteiger partial charge < -0.3 is 14.7 Å². The monoisotopic (exact) mass is 464 g/mol. The zero-order valence-electron chi connectivity index (χ0n) is 19.9. The summed E-state index contributed by atoms with van der Waals surface area (Å²) in [5.74, 6) is 2.98. The number of fused-ring (bicyclic) bond motifs is 1. The number of rotatable bonds is 10. The number of nitrogens with zero attached hydrogens (tertiary/aromatic N) is 2. The highest BCUT2D eigenvalue weighted by molar-refractivity contribution is 7.99. The van der Waals surface area contributed by atoms with Gasteiger partial charge in [0.25, 0.3) is 0 Å². The summed E-state index contributed by atoms with van der Waals surface area (Å²) in [6, 6.07) is 17.0. The molecule has 0 unspecified atom stereocenters. The average Bonchev–Trinajstić information content (AvgIpc) is 2.84. The van der Waals surface area contributed by atoms with Crippen molar-refractivity contribution in [3.8, 4) is 5.75 Å². The Kier molecular flexibility index (Phi) is 8.65. The van der Waals surface area contributed by atoms with Crippen molar-refractivity contribution in [3.63, 3.8) is 0 Å². The molecule has 2 aromatic carbocycles. The number of ether oxygens (including phenoxy) is 1. The molecule has 33 heavy (non-hydrogen) atoms. The van der Waals surface area contributed by atoms with Gasteiger partial charge in [0, 0.05) is 41.9 Å². The van der Waals surface area contributed by atoms with Gasteiger partial charge in [0.1, 0.15) is 5.75 Å². The molecule has 2 atom stereocenters. The van der Waals surface area contributed by atoms with E-state index in [0.29, 0.717) is 18.4 Å². The lowest BCUT2D eigenvalue weighted by atomic mass is 9.82. The van der Waals surface area contributed by atoms with Crippen LogP contribution in [-0.4, -0.2) is 54.1 Å². The van der Waals surface area contributed by atoms with Gasteiger partial charge in [0.15, 0.2) is 0 Å². The topological polar surface area (TPSA) is 45.6 Å². The molecule has 0 bridgehead atoms. The van der Waals surface area contributed by atoms with Gasteiger partial charge in [0.05, 0.1) is 12.6 Å². The molecule has 0 saturated carbocycles. The first-order valence-corrected chi connectivity index (χ1v) is 13.1. The third-order valence-electron chi connectivity index (χ3n) is 6.94. The number of pyridine rings is 1. The van der Waals surface area contributed by atoms with Gasteiger partial charge in [-0.3, -0.25) is 4.98 Å². The van der Waals surface area contributed by atoms with Crippen molar-refractivity contribution >= 4 is 22.7 Å². The summed E-state index contributed by atoms with van der Waals surface area (Å²) in [7, 11) is 1.71. The third-order valence-corrected chi connectivity index (χ3v) is 7.91. The van der Waals surface area contributed by atoms with Crippen molar-refractivity contribution in [3.05, 3.63) is 65.9 Å². The maximum atomic E-state index is 10.1. The first-order chi connectivity index (χ1) is 16.2. The molecule has 0 amide bonds. The van der Waals surface area contributed by atoms with E-state index < -0.39 is 0 Å². The predicted octanol–water partition coefficient (Wildman–Crippen LogP) is 5.60. The van der Waals surface area contributed by atoms with Gasteiger partial charge >= 0.3 is 0 Å². The largest absolute Gasteiger partial charge is 0.497 e. The summed E-state index contributed by atoms with van der Waals surface area (Å²) in [6.07, 6.45) is 6.45. The van der Waals surface area contributed by atoms with Crippen LogP contribution < -0.4 is 4.74 Å². The normalized spacial score (nSPS) is 19.1. The molecule has 1 fully saturated rings. The smallest absolute Gasteiger partial charge is 0.119 e. The minimum atomic E-state index is 0.293. The molecule has 1 saturated heterocycles.